The van der Waals surface area contributed by atoms with Crippen LogP contribution in [0.15, 0.2) is 36.4 Å². The molecule has 3 rings (SSSR count). The topological polar surface area (TPSA) is 38.5 Å². The third kappa shape index (κ3) is 2.99. The van der Waals surface area contributed by atoms with Crippen LogP contribution in [-0.4, -0.2) is 13.7 Å². The second-order valence-corrected chi connectivity index (χ2v) is 5.82. The summed E-state index contributed by atoms with van der Waals surface area (Å²) < 4.78 is 5.76. The molecule has 3 nitrogen and oxygen atoms in total. The van der Waals surface area contributed by atoms with Gasteiger partial charge in [-0.15, -0.1) is 0 Å². The predicted octanol–water partition coefficient (Wildman–Crippen LogP) is 3.37. The number of rotatable bonds is 4. The van der Waals surface area contributed by atoms with Gasteiger partial charge in [0.1, 0.15) is 5.75 Å². The lowest BCUT2D eigenvalue weighted by molar-refractivity contribution is 0.353. The minimum absolute atomic E-state index is 0.553. The smallest absolute Gasteiger partial charge is 0.127 e. The Kier molecular flexibility index (Phi) is 4.04. The summed E-state index contributed by atoms with van der Waals surface area (Å²) in [4.78, 5) is 2.19. The van der Waals surface area contributed by atoms with E-state index >= 15 is 0 Å². The molecule has 1 aliphatic heterocycles. The second kappa shape index (κ2) is 5.96. The number of nitrogens with two attached hydrogens (primary N) is 1. The number of hydrogen-bond acceptors (Lipinski definition) is 3. The molecule has 0 saturated heterocycles. The molecule has 0 amide bonds. The quantitative estimate of drug-likeness (QED) is 0.941. The van der Waals surface area contributed by atoms with Crippen LogP contribution in [0.25, 0.3) is 0 Å². The molecule has 110 valence electrons. The van der Waals surface area contributed by atoms with Crippen molar-refractivity contribution in [1.82, 2.24) is 0 Å². The van der Waals surface area contributed by atoms with Gasteiger partial charge < -0.3 is 15.4 Å². The van der Waals surface area contributed by atoms with E-state index in [1.54, 1.807) is 0 Å². The van der Waals surface area contributed by atoms with Crippen molar-refractivity contribution < 1.29 is 4.74 Å². The molecule has 0 saturated carbocycles. The highest BCUT2D eigenvalue weighted by Crippen LogP contribution is 2.34. The van der Waals surface area contributed by atoms with Crippen LogP contribution >= 0.6 is 11.6 Å². The average Bonchev–Trinajstić information content (AvgIpc) is 2.95. The van der Waals surface area contributed by atoms with Crippen molar-refractivity contribution in [3.05, 3.63) is 58.1 Å². The highest BCUT2D eigenvalue weighted by molar-refractivity contribution is 6.30. The average molecular weight is 303 g/mol. The number of hydrogen-bond donors (Lipinski definition) is 1. The third-order valence-electron chi connectivity index (χ3n) is 3.82. The van der Waals surface area contributed by atoms with Gasteiger partial charge in [0.15, 0.2) is 0 Å². The molecule has 1 aliphatic rings. The van der Waals surface area contributed by atoms with Crippen molar-refractivity contribution in [2.45, 2.75) is 19.5 Å². The van der Waals surface area contributed by atoms with E-state index in [0.717, 1.165) is 47.2 Å². The van der Waals surface area contributed by atoms with E-state index in [-0.39, 0.29) is 0 Å². The number of ether oxygens (including phenoxy) is 1. The first-order valence-corrected chi connectivity index (χ1v) is 7.49. The molecule has 0 radical (unpaired) electrons. The van der Waals surface area contributed by atoms with Crippen LogP contribution < -0.4 is 15.4 Å². The lowest BCUT2D eigenvalue weighted by atomic mass is 10.1. The van der Waals surface area contributed by atoms with Crippen molar-refractivity contribution in [3.63, 3.8) is 0 Å². The van der Waals surface area contributed by atoms with Gasteiger partial charge in [-0.25, -0.2) is 0 Å². The largest absolute Gasteiger partial charge is 0.493 e. The molecule has 21 heavy (non-hydrogen) atoms. The molecule has 2 aromatic rings. The Morgan fingerprint density at radius 3 is 2.95 bits per heavy atom. The fourth-order valence-electron chi connectivity index (χ4n) is 2.73. The Balaban J connectivity index is 1.86. The van der Waals surface area contributed by atoms with Crippen LogP contribution in [0.5, 0.6) is 5.75 Å². The third-order valence-corrected chi connectivity index (χ3v) is 4.04. The van der Waals surface area contributed by atoms with E-state index in [1.807, 2.05) is 24.3 Å². The van der Waals surface area contributed by atoms with Crippen molar-refractivity contribution in [1.29, 1.82) is 0 Å². The van der Waals surface area contributed by atoms with Gasteiger partial charge in [-0.3, -0.25) is 0 Å². The van der Waals surface area contributed by atoms with Gasteiger partial charge in [-0.05, 0) is 35.4 Å². The number of anilines is 1. The summed E-state index contributed by atoms with van der Waals surface area (Å²) in [6.07, 6.45) is 0.940. The maximum Gasteiger partial charge on any atom is 0.127 e. The summed E-state index contributed by atoms with van der Waals surface area (Å²) in [6, 6.07) is 12.3. The minimum atomic E-state index is 0.553. The van der Waals surface area contributed by atoms with Gasteiger partial charge in [-0.1, -0.05) is 23.7 Å². The fourth-order valence-corrected chi connectivity index (χ4v) is 2.99. The van der Waals surface area contributed by atoms with Gasteiger partial charge in [0.2, 0.25) is 0 Å². The zero-order valence-electron chi connectivity index (χ0n) is 12.1. The number of fused-ring (bicyclic) bond motifs is 1. The predicted molar refractivity (Wildman–Crippen MR) is 87.1 cm³/mol. The number of benzene rings is 2. The molecule has 0 fully saturated rings. The highest BCUT2D eigenvalue weighted by Gasteiger charge is 2.18. The van der Waals surface area contributed by atoms with Crippen molar-refractivity contribution in [2.24, 2.45) is 5.73 Å². The van der Waals surface area contributed by atoms with Crippen LogP contribution in [0.3, 0.4) is 0 Å². The molecule has 0 aromatic heterocycles. The maximum absolute atomic E-state index is 6.22. The molecule has 1 heterocycles. The van der Waals surface area contributed by atoms with Crippen molar-refractivity contribution in [3.8, 4) is 5.75 Å². The zero-order valence-corrected chi connectivity index (χ0v) is 12.9. The van der Waals surface area contributed by atoms with Gasteiger partial charge in [-0.2, -0.15) is 0 Å². The molecule has 0 aliphatic carbocycles. The lowest BCUT2D eigenvalue weighted by Gasteiger charge is -2.21. The van der Waals surface area contributed by atoms with Crippen LogP contribution in [-0.2, 0) is 19.5 Å². The Bertz CT molecular complexity index is 657. The van der Waals surface area contributed by atoms with E-state index in [0.29, 0.717) is 6.54 Å². The Labute approximate surface area is 130 Å². The molecule has 4 heteroatoms. The zero-order chi connectivity index (χ0) is 14.8. The van der Waals surface area contributed by atoms with Crippen LogP contribution in [0.2, 0.25) is 5.02 Å². The Morgan fingerprint density at radius 1 is 1.29 bits per heavy atom. The van der Waals surface area contributed by atoms with Gasteiger partial charge in [0.05, 0.1) is 6.61 Å². The van der Waals surface area contributed by atoms with E-state index in [1.165, 1.54) is 5.56 Å². The molecule has 0 spiro atoms. The van der Waals surface area contributed by atoms with E-state index in [4.69, 9.17) is 22.1 Å². The molecular formula is C17H19ClN2O. The standard InChI is InChI=1S/C17H19ClN2O/c1-20(16-4-2-3-12(7-16)10-19)11-14-9-15(18)8-13-5-6-21-17(13)14/h2-4,7-9H,5-6,10-11,19H2,1H3. The highest BCUT2D eigenvalue weighted by atomic mass is 35.5. The summed E-state index contributed by atoms with van der Waals surface area (Å²) in [5.74, 6) is 1.00. The van der Waals surface area contributed by atoms with Crippen LogP contribution in [0, 0.1) is 0 Å². The number of halogens is 1. The van der Waals surface area contributed by atoms with Crippen molar-refractivity contribution in [2.75, 3.05) is 18.6 Å². The Morgan fingerprint density at radius 2 is 2.14 bits per heavy atom. The summed E-state index contributed by atoms with van der Waals surface area (Å²) in [5.41, 5.74) is 10.3. The second-order valence-electron chi connectivity index (χ2n) is 5.38. The summed E-state index contributed by atoms with van der Waals surface area (Å²) in [5, 5.41) is 0.776. The van der Waals surface area contributed by atoms with E-state index in [2.05, 4.69) is 24.1 Å². The molecule has 2 N–H and O–H groups in total. The minimum Gasteiger partial charge on any atom is -0.493 e. The summed E-state index contributed by atoms with van der Waals surface area (Å²) >= 11 is 6.22. The first-order chi connectivity index (χ1) is 10.2. The fraction of sp³-hybridized carbons (Fsp3) is 0.294. The van der Waals surface area contributed by atoms with Gasteiger partial charge in [0, 0.05) is 42.8 Å². The normalized spacial score (nSPS) is 12.9. The molecular weight excluding hydrogens is 284 g/mol. The monoisotopic (exact) mass is 302 g/mol. The van der Waals surface area contributed by atoms with E-state index in [9.17, 15) is 0 Å². The molecule has 2 aromatic carbocycles. The molecule has 0 unspecified atom stereocenters. The number of nitrogens with zero attached hydrogens (tertiary/aromatic N) is 1. The lowest BCUT2D eigenvalue weighted by Crippen LogP contribution is -2.17. The Hall–Kier alpha value is -1.71. The SMILES string of the molecule is CN(Cc1cc(Cl)cc2c1OCC2)c1cccc(CN)c1. The molecule has 0 bridgehead atoms. The first kappa shape index (κ1) is 14.2. The molecule has 0 atom stereocenters. The van der Waals surface area contributed by atoms with E-state index < -0.39 is 0 Å². The van der Waals surface area contributed by atoms with Gasteiger partial charge in [0.25, 0.3) is 0 Å². The van der Waals surface area contributed by atoms with Crippen LogP contribution in [0.4, 0.5) is 5.69 Å². The summed E-state index contributed by atoms with van der Waals surface area (Å²) in [6.45, 7) is 2.06. The van der Waals surface area contributed by atoms with Crippen LogP contribution in [0.1, 0.15) is 16.7 Å². The first-order valence-electron chi connectivity index (χ1n) is 7.11. The maximum atomic E-state index is 6.22. The van der Waals surface area contributed by atoms with Crippen molar-refractivity contribution >= 4 is 17.3 Å². The van der Waals surface area contributed by atoms with Gasteiger partial charge >= 0.3 is 0 Å². The summed E-state index contributed by atoms with van der Waals surface area (Å²) in [7, 11) is 2.07.